The fourth-order valence-corrected chi connectivity index (χ4v) is 30.6. The molecule has 2 aliphatic heterocycles. The molecule has 2 aliphatic rings. The Balaban J connectivity index is 1.63. The molecule has 1 aromatic carbocycles. The number of aliphatic hydroxyl groups is 1. The van der Waals surface area contributed by atoms with Gasteiger partial charge in [0.15, 0.2) is 0 Å². The van der Waals surface area contributed by atoms with Gasteiger partial charge in [0.05, 0.1) is 11.4 Å². The zero-order chi connectivity index (χ0) is 28.7. The van der Waals surface area contributed by atoms with Gasteiger partial charge >= 0.3 is 5.69 Å². The number of nitrogens with zero attached hydrogens (tertiary/aromatic N) is 2. The van der Waals surface area contributed by atoms with Gasteiger partial charge < -0.3 is 19.3 Å². The lowest BCUT2D eigenvalue weighted by atomic mass is 10.1. The molecule has 0 saturated carbocycles. The van der Waals surface area contributed by atoms with Gasteiger partial charge in [0.1, 0.15) is 17.3 Å². The van der Waals surface area contributed by atoms with E-state index in [9.17, 15) is 14.7 Å². The molecular weight excluding hydrogens is 547 g/mol. The standard InChI is InChI=1S/C28H43N3O5SSi2/c1-17(2)38(18(3)4)35-16-22-25(36-39(38,19(5)6)20(7)8)24(32)27(37-22)31-15-14-23(30-28(31)34)29-26(33)21-12-10-9-11-13-21/h9-15,17-20,22,24-25,27,32H,16H2,1-8H3,(H,29,30,33,34)/t22-,24-,25-,27-/m1/s1. The first kappa shape index (κ1) is 30.2. The Hall–Kier alpha value is -1.77. The van der Waals surface area contributed by atoms with Crippen molar-refractivity contribution in [1.29, 1.82) is 0 Å². The van der Waals surface area contributed by atoms with Crippen LogP contribution in [0.1, 0.15) is 71.1 Å². The highest BCUT2D eigenvalue weighted by molar-refractivity contribution is 8.00. The Morgan fingerprint density at radius 2 is 1.59 bits per heavy atom. The van der Waals surface area contributed by atoms with Crippen LogP contribution < -0.4 is 11.0 Å². The second kappa shape index (κ2) is 11.6. The van der Waals surface area contributed by atoms with Gasteiger partial charge in [-0.05, 0) is 40.4 Å². The topological polar surface area (TPSA) is 103 Å². The number of aromatic nitrogens is 2. The number of fused-ring (bicyclic) bond motifs is 1. The van der Waals surface area contributed by atoms with Crippen molar-refractivity contribution >= 4 is 39.2 Å². The third-order valence-corrected chi connectivity index (χ3v) is 30.9. The molecule has 2 aromatic rings. The Morgan fingerprint density at radius 3 is 2.13 bits per heavy atom. The number of carbonyl (C=O) groups excluding carboxylic acids is 1. The van der Waals surface area contributed by atoms with Crippen molar-refractivity contribution in [3.63, 3.8) is 0 Å². The number of hydrogen-bond donors (Lipinski definition) is 2. The van der Waals surface area contributed by atoms with E-state index in [4.69, 9.17) is 8.85 Å². The number of rotatable bonds is 7. The van der Waals surface area contributed by atoms with E-state index in [-0.39, 0.29) is 17.0 Å². The minimum Gasteiger partial charge on any atom is -0.415 e. The lowest BCUT2D eigenvalue weighted by molar-refractivity contribution is 0.0257. The molecule has 1 amide bonds. The van der Waals surface area contributed by atoms with Gasteiger partial charge in [-0.3, -0.25) is 9.36 Å². The highest BCUT2D eigenvalue weighted by Crippen LogP contribution is 2.56. The number of amides is 1. The minimum absolute atomic E-state index is 0.0920. The van der Waals surface area contributed by atoms with Crippen LogP contribution in [0.15, 0.2) is 47.4 Å². The van der Waals surface area contributed by atoms with Gasteiger partial charge in [0.2, 0.25) is 15.7 Å². The van der Waals surface area contributed by atoms with Gasteiger partial charge in [-0.2, -0.15) is 4.98 Å². The quantitative estimate of drug-likeness (QED) is 0.412. The maximum atomic E-state index is 13.1. The molecule has 3 heterocycles. The van der Waals surface area contributed by atoms with Gasteiger partial charge in [-0.25, -0.2) is 4.79 Å². The summed E-state index contributed by atoms with van der Waals surface area (Å²) in [5.41, 5.74) is 1.36. The average molecular weight is 590 g/mol. The molecule has 2 N–H and O–H groups in total. The molecule has 1 aromatic heterocycles. The molecule has 4 atom stereocenters. The number of carbonyl (C=O) groups is 1. The first-order valence-corrected chi connectivity index (χ1v) is 20.0. The smallest absolute Gasteiger partial charge is 0.350 e. The maximum absolute atomic E-state index is 13.1. The number of benzene rings is 1. The molecule has 0 radical (unpaired) electrons. The average Bonchev–Trinajstić information content (AvgIpc) is 3.07. The molecule has 39 heavy (non-hydrogen) atoms. The summed E-state index contributed by atoms with van der Waals surface area (Å²) in [6.45, 7) is 18.7. The highest BCUT2D eigenvalue weighted by atomic mass is 32.2. The Bertz CT molecular complexity index is 1210. The largest absolute Gasteiger partial charge is 0.415 e. The van der Waals surface area contributed by atoms with Crippen LogP contribution in [0.2, 0.25) is 22.2 Å². The Morgan fingerprint density at radius 1 is 1.00 bits per heavy atom. The van der Waals surface area contributed by atoms with E-state index in [1.807, 2.05) is 6.07 Å². The molecule has 0 unspecified atom stereocenters. The molecule has 0 aliphatic carbocycles. The minimum atomic E-state index is -2.53. The van der Waals surface area contributed by atoms with E-state index < -0.39 is 38.9 Å². The monoisotopic (exact) mass is 589 g/mol. The van der Waals surface area contributed by atoms with Crippen LogP contribution in [-0.4, -0.2) is 60.3 Å². The summed E-state index contributed by atoms with van der Waals surface area (Å²) < 4.78 is 15.9. The van der Waals surface area contributed by atoms with E-state index in [2.05, 4.69) is 65.7 Å². The second-order valence-electron chi connectivity index (χ2n) is 12.0. The second-order valence-corrected chi connectivity index (χ2v) is 26.3. The van der Waals surface area contributed by atoms with Crippen molar-refractivity contribution in [1.82, 2.24) is 9.55 Å². The van der Waals surface area contributed by atoms with Crippen LogP contribution in [0, 0.1) is 0 Å². The van der Waals surface area contributed by atoms with Gasteiger partial charge in [-0.15, -0.1) is 11.8 Å². The SMILES string of the molecule is CC(C)[Si]1(C(C)C)OC[C@H]2S[C@@H](n3ccc(NC(=O)c4ccccc4)nc3=O)[C@H](O)[C@@H]2O[Si]1(C(C)C)C(C)C. The van der Waals surface area contributed by atoms with Crippen LogP contribution in [-0.2, 0) is 8.85 Å². The zero-order valence-electron chi connectivity index (χ0n) is 24.3. The summed E-state index contributed by atoms with van der Waals surface area (Å²) >= 11 is 1.53. The van der Waals surface area contributed by atoms with E-state index >= 15 is 0 Å². The van der Waals surface area contributed by atoms with Crippen molar-refractivity contribution in [2.24, 2.45) is 0 Å². The van der Waals surface area contributed by atoms with Crippen LogP contribution in [0.5, 0.6) is 0 Å². The van der Waals surface area contributed by atoms with Gasteiger partial charge in [0.25, 0.3) is 5.91 Å². The molecule has 0 spiro atoms. The summed E-state index contributed by atoms with van der Waals surface area (Å²) in [6.07, 6.45) is 0.286. The summed E-state index contributed by atoms with van der Waals surface area (Å²) in [6, 6.07) is 10.4. The van der Waals surface area contributed by atoms with E-state index in [0.717, 1.165) is 0 Å². The van der Waals surface area contributed by atoms with E-state index in [1.165, 1.54) is 16.3 Å². The fourth-order valence-electron chi connectivity index (χ4n) is 7.08. The number of aliphatic hydroxyl groups excluding tert-OH is 1. The van der Waals surface area contributed by atoms with Crippen molar-refractivity contribution in [2.45, 2.75) is 100 Å². The summed E-state index contributed by atoms with van der Waals surface area (Å²) in [4.78, 5) is 29.7. The Labute approximate surface area is 238 Å². The molecule has 214 valence electrons. The molecule has 2 saturated heterocycles. The van der Waals surface area contributed by atoms with Crippen LogP contribution in [0.4, 0.5) is 5.82 Å². The predicted octanol–water partition coefficient (Wildman–Crippen LogP) is 5.50. The molecular formula is C28H43N3O5SSi2. The van der Waals surface area contributed by atoms with E-state index in [0.29, 0.717) is 34.3 Å². The predicted molar refractivity (Wildman–Crippen MR) is 162 cm³/mol. The lowest BCUT2D eigenvalue weighted by Gasteiger charge is -2.54. The number of hydrogen-bond acceptors (Lipinski definition) is 7. The molecule has 8 nitrogen and oxygen atoms in total. The summed E-state index contributed by atoms with van der Waals surface area (Å²) in [7, 11) is -4.91. The van der Waals surface area contributed by atoms with Gasteiger partial charge in [-0.1, -0.05) is 73.6 Å². The number of anilines is 1. The molecule has 11 heteroatoms. The summed E-state index contributed by atoms with van der Waals surface area (Å²) in [5.74, 6) is -0.165. The van der Waals surface area contributed by atoms with Crippen LogP contribution in [0.25, 0.3) is 0 Å². The fraction of sp³-hybridized carbons (Fsp3) is 0.607. The van der Waals surface area contributed by atoms with Crippen molar-refractivity contribution < 1.29 is 18.8 Å². The molecule has 0 bridgehead atoms. The van der Waals surface area contributed by atoms with Crippen molar-refractivity contribution in [3.8, 4) is 0 Å². The lowest BCUT2D eigenvalue weighted by Crippen LogP contribution is -2.73. The van der Waals surface area contributed by atoms with Crippen molar-refractivity contribution in [3.05, 3.63) is 58.6 Å². The van der Waals surface area contributed by atoms with Crippen molar-refractivity contribution in [2.75, 3.05) is 11.9 Å². The number of thioether (sulfide) groups is 1. The summed E-state index contributed by atoms with van der Waals surface area (Å²) in [5, 5.41) is 13.7. The first-order valence-electron chi connectivity index (χ1n) is 14.0. The van der Waals surface area contributed by atoms with E-state index in [1.54, 1.807) is 36.5 Å². The third kappa shape index (κ3) is 5.10. The number of nitrogens with one attached hydrogen (secondary N) is 1. The normalized spacial score (nSPS) is 26.2. The molecule has 4 rings (SSSR count). The third-order valence-electron chi connectivity index (χ3n) is 8.55. The first-order chi connectivity index (χ1) is 18.4. The van der Waals surface area contributed by atoms with Gasteiger partial charge in [0, 0.05) is 18.4 Å². The highest BCUT2D eigenvalue weighted by Gasteiger charge is 2.69. The van der Waals surface area contributed by atoms with Crippen LogP contribution in [0.3, 0.4) is 0 Å². The zero-order valence-corrected chi connectivity index (χ0v) is 27.1. The Kier molecular flexibility index (Phi) is 8.99. The maximum Gasteiger partial charge on any atom is 0.350 e. The van der Waals surface area contributed by atoms with Crippen LogP contribution >= 0.6 is 11.8 Å². The molecule has 2 fully saturated rings.